The maximum Gasteiger partial charge on any atom is -0.0414 e. The molecule has 0 aromatic heterocycles. The number of unbranched alkanes of at least 4 members (excludes halogenated alkanes) is 14. The van der Waals surface area contributed by atoms with Gasteiger partial charge in [-0.05, 0) is 11.8 Å². The van der Waals surface area contributed by atoms with Crippen molar-refractivity contribution in [1.82, 2.24) is 0 Å². The average Bonchev–Trinajstić information content (AvgIpc) is 2.65. The van der Waals surface area contributed by atoms with Gasteiger partial charge in [0.2, 0.25) is 0 Å². The van der Waals surface area contributed by atoms with Crippen LogP contribution in [-0.4, -0.2) is 0 Å². The number of rotatable bonds is 22. The molecular weight excluding hydrogens is 324 g/mol. The minimum absolute atomic E-state index is 0.896. The molecule has 0 aromatic carbocycles. The Kier molecular flexibility index (Phi) is 22.3. The second kappa shape index (κ2) is 22.3. The van der Waals surface area contributed by atoms with Crippen molar-refractivity contribution in [2.45, 2.75) is 163 Å². The zero-order valence-electron chi connectivity index (χ0n) is 20.0. The third-order valence-corrected chi connectivity index (χ3v) is 6.33. The van der Waals surface area contributed by atoms with Crippen molar-refractivity contribution >= 4 is 0 Å². The highest BCUT2D eigenvalue weighted by atomic mass is 14.1. The van der Waals surface area contributed by atoms with Gasteiger partial charge in [0.05, 0.1) is 0 Å². The van der Waals surface area contributed by atoms with E-state index in [0.717, 1.165) is 11.8 Å². The molecule has 164 valence electrons. The Morgan fingerprint density at radius 3 is 1.11 bits per heavy atom. The molecule has 0 nitrogen and oxygen atoms in total. The molecule has 0 spiro atoms. The summed E-state index contributed by atoms with van der Waals surface area (Å²) in [6, 6.07) is 0. The van der Waals surface area contributed by atoms with E-state index in [-0.39, 0.29) is 0 Å². The Morgan fingerprint density at radius 2 is 0.704 bits per heavy atom. The summed E-state index contributed by atoms with van der Waals surface area (Å²) < 4.78 is 0. The lowest BCUT2D eigenvalue weighted by Crippen LogP contribution is -2.01. The van der Waals surface area contributed by atoms with Crippen molar-refractivity contribution in [3.8, 4) is 0 Å². The molecule has 0 heterocycles. The van der Waals surface area contributed by atoms with Crippen LogP contribution in [0.15, 0.2) is 0 Å². The second-order valence-corrected chi connectivity index (χ2v) is 9.72. The predicted octanol–water partition coefficient (Wildman–Crippen LogP) is 10.5. The summed E-state index contributed by atoms with van der Waals surface area (Å²) in [5, 5.41) is 0. The first-order valence-electron chi connectivity index (χ1n) is 13.2. The first-order valence-corrected chi connectivity index (χ1v) is 13.2. The summed E-state index contributed by atoms with van der Waals surface area (Å²) in [6.07, 6.45) is 30.9. The molecular formula is C27H56. The highest BCUT2D eigenvalue weighted by molar-refractivity contribution is 4.61. The van der Waals surface area contributed by atoms with Crippen LogP contribution in [0.1, 0.15) is 163 Å². The smallest absolute Gasteiger partial charge is 0.0414 e. The average molecular weight is 381 g/mol. The van der Waals surface area contributed by atoms with Crippen LogP contribution in [0.4, 0.5) is 0 Å². The Balaban J connectivity index is 3.40. The Labute approximate surface area is 174 Å². The summed E-state index contributed by atoms with van der Waals surface area (Å²) >= 11 is 0. The predicted molar refractivity (Wildman–Crippen MR) is 127 cm³/mol. The summed E-state index contributed by atoms with van der Waals surface area (Å²) in [7, 11) is 0. The summed E-state index contributed by atoms with van der Waals surface area (Å²) in [5.74, 6) is 1.94. The molecule has 0 fully saturated rings. The van der Waals surface area contributed by atoms with Gasteiger partial charge in [0.15, 0.2) is 0 Å². The van der Waals surface area contributed by atoms with E-state index < -0.39 is 0 Å². The van der Waals surface area contributed by atoms with Crippen LogP contribution in [0.2, 0.25) is 0 Å². The van der Waals surface area contributed by atoms with Crippen LogP contribution < -0.4 is 0 Å². The van der Waals surface area contributed by atoms with Crippen molar-refractivity contribution in [3.05, 3.63) is 0 Å². The molecule has 0 radical (unpaired) electrons. The van der Waals surface area contributed by atoms with Gasteiger partial charge in [-0.25, -0.2) is 0 Å². The molecule has 0 rings (SSSR count). The Hall–Kier alpha value is 0. The molecule has 0 amide bonds. The van der Waals surface area contributed by atoms with Gasteiger partial charge in [-0.2, -0.15) is 0 Å². The van der Waals surface area contributed by atoms with Crippen molar-refractivity contribution in [2.24, 2.45) is 11.8 Å². The number of hydrogen-bond donors (Lipinski definition) is 0. The monoisotopic (exact) mass is 380 g/mol. The normalized spacial score (nSPS) is 12.8. The maximum absolute atomic E-state index is 2.35. The van der Waals surface area contributed by atoms with Crippen molar-refractivity contribution in [2.75, 3.05) is 0 Å². The topological polar surface area (TPSA) is 0 Å². The van der Waals surface area contributed by atoms with E-state index in [1.54, 1.807) is 0 Å². The Morgan fingerprint density at radius 1 is 0.370 bits per heavy atom. The largest absolute Gasteiger partial charge is 0.0654 e. The lowest BCUT2D eigenvalue weighted by molar-refractivity contribution is 0.371. The molecule has 1 atom stereocenters. The fraction of sp³-hybridized carbons (Fsp3) is 1.00. The Bertz CT molecular complexity index is 255. The van der Waals surface area contributed by atoms with E-state index in [0.29, 0.717) is 0 Å². The third kappa shape index (κ3) is 22.2. The van der Waals surface area contributed by atoms with E-state index >= 15 is 0 Å². The summed E-state index contributed by atoms with van der Waals surface area (Å²) in [4.78, 5) is 0. The summed E-state index contributed by atoms with van der Waals surface area (Å²) in [6.45, 7) is 9.36. The fourth-order valence-corrected chi connectivity index (χ4v) is 4.36. The SMILES string of the molecule is CCCCCCC(CCCC)CCCCCCCCCCCCCC(C)C. The van der Waals surface area contributed by atoms with Crippen molar-refractivity contribution < 1.29 is 0 Å². The fourth-order valence-electron chi connectivity index (χ4n) is 4.36. The molecule has 0 aliphatic heterocycles. The molecule has 0 saturated carbocycles. The van der Waals surface area contributed by atoms with Gasteiger partial charge in [0, 0.05) is 0 Å². The molecule has 0 aromatic rings. The number of hydrogen-bond acceptors (Lipinski definition) is 0. The van der Waals surface area contributed by atoms with Crippen LogP contribution in [-0.2, 0) is 0 Å². The standard InChI is InChI=1S/C27H56/c1-5-7-9-20-24-27(23-8-6-2)25-21-18-16-14-12-10-11-13-15-17-19-22-26(3)4/h26-27H,5-25H2,1-4H3. The molecule has 0 heteroatoms. The molecule has 0 saturated heterocycles. The van der Waals surface area contributed by atoms with Gasteiger partial charge >= 0.3 is 0 Å². The zero-order chi connectivity index (χ0) is 20.0. The van der Waals surface area contributed by atoms with Gasteiger partial charge < -0.3 is 0 Å². The maximum atomic E-state index is 2.35. The second-order valence-electron chi connectivity index (χ2n) is 9.72. The minimum Gasteiger partial charge on any atom is -0.0654 e. The van der Waals surface area contributed by atoms with Gasteiger partial charge in [0.1, 0.15) is 0 Å². The molecule has 0 aliphatic rings. The van der Waals surface area contributed by atoms with Crippen LogP contribution in [0.5, 0.6) is 0 Å². The van der Waals surface area contributed by atoms with Gasteiger partial charge in [0.25, 0.3) is 0 Å². The van der Waals surface area contributed by atoms with E-state index in [2.05, 4.69) is 27.7 Å². The van der Waals surface area contributed by atoms with Gasteiger partial charge in [-0.1, -0.05) is 163 Å². The van der Waals surface area contributed by atoms with E-state index in [1.807, 2.05) is 0 Å². The van der Waals surface area contributed by atoms with Crippen molar-refractivity contribution in [1.29, 1.82) is 0 Å². The quantitative estimate of drug-likeness (QED) is 0.164. The molecule has 0 N–H and O–H groups in total. The summed E-state index contributed by atoms with van der Waals surface area (Å²) in [5.41, 5.74) is 0. The van der Waals surface area contributed by atoms with Crippen molar-refractivity contribution in [3.63, 3.8) is 0 Å². The molecule has 0 bridgehead atoms. The highest BCUT2D eigenvalue weighted by Crippen LogP contribution is 2.23. The lowest BCUT2D eigenvalue weighted by atomic mass is 9.90. The van der Waals surface area contributed by atoms with E-state index in [1.165, 1.54) is 135 Å². The highest BCUT2D eigenvalue weighted by Gasteiger charge is 2.08. The van der Waals surface area contributed by atoms with Gasteiger partial charge in [-0.3, -0.25) is 0 Å². The molecule has 1 unspecified atom stereocenters. The minimum atomic E-state index is 0.896. The molecule has 0 aliphatic carbocycles. The van der Waals surface area contributed by atoms with Gasteiger partial charge in [-0.15, -0.1) is 0 Å². The molecule has 27 heavy (non-hydrogen) atoms. The zero-order valence-corrected chi connectivity index (χ0v) is 20.0. The van der Waals surface area contributed by atoms with Crippen LogP contribution in [0, 0.1) is 11.8 Å². The first-order chi connectivity index (χ1) is 13.2. The third-order valence-electron chi connectivity index (χ3n) is 6.33. The van der Waals surface area contributed by atoms with Crippen LogP contribution in [0.3, 0.4) is 0 Å². The van der Waals surface area contributed by atoms with E-state index in [4.69, 9.17) is 0 Å². The first kappa shape index (κ1) is 27.0. The van der Waals surface area contributed by atoms with E-state index in [9.17, 15) is 0 Å². The van der Waals surface area contributed by atoms with Crippen LogP contribution >= 0.6 is 0 Å². The lowest BCUT2D eigenvalue weighted by Gasteiger charge is -2.16. The van der Waals surface area contributed by atoms with Crippen LogP contribution in [0.25, 0.3) is 0 Å².